The molecule has 2 rings (SSSR count). The van der Waals surface area contributed by atoms with Gasteiger partial charge in [-0.25, -0.2) is 9.78 Å². The summed E-state index contributed by atoms with van der Waals surface area (Å²) in [6.45, 7) is 1.43. The van der Waals surface area contributed by atoms with Crippen molar-refractivity contribution in [1.82, 2.24) is 4.98 Å². The Hall–Kier alpha value is -2.60. The number of carboxylic acids is 1. The lowest BCUT2D eigenvalue weighted by molar-refractivity contribution is -0.114. The van der Waals surface area contributed by atoms with E-state index in [4.69, 9.17) is 16.7 Å². The molecule has 0 aliphatic rings. The molecule has 0 saturated heterocycles. The fraction of sp³-hybridized carbons (Fsp3) is 0.0714. The van der Waals surface area contributed by atoms with Crippen molar-refractivity contribution in [3.05, 3.63) is 47.1 Å². The highest BCUT2D eigenvalue weighted by Gasteiger charge is 2.10. The predicted molar refractivity (Wildman–Crippen MR) is 80.2 cm³/mol. The summed E-state index contributed by atoms with van der Waals surface area (Å²) < 4.78 is 0. The van der Waals surface area contributed by atoms with E-state index in [1.54, 1.807) is 24.3 Å². The quantitative estimate of drug-likeness (QED) is 0.807. The van der Waals surface area contributed by atoms with Crippen LogP contribution in [0.25, 0.3) is 0 Å². The van der Waals surface area contributed by atoms with Gasteiger partial charge in [-0.15, -0.1) is 0 Å². The van der Waals surface area contributed by atoms with E-state index >= 15 is 0 Å². The fourth-order valence-corrected chi connectivity index (χ4v) is 1.84. The van der Waals surface area contributed by atoms with Crippen LogP contribution in [0.4, 0.5) is 17.2 Å². The van der Waals surface area contributed by atoms with Crippen molar-refractivity contribution in [3.8, 4) is 0 Å². The first-order chi connectivity index (χ1) is 9.95. The van der Waals surface area contributed by atoms with Crippen molar-refractivity contribution in [2.24, 2.45) is 0 Å². The third-order valence-corrected chi connectivity index (χ3v) is 2.86. The van der Waals surface area contributed by atoms with Gasteiger partial charge in [0.25, 0.3) is 0 Å². The number of rotatable bonds is 4. The highest BCUT2D eigenvalue weighted by Crippen LogP contribution is 2.22. The van der Waals surface area contributed by atoms with Crippen LogP contribution in [0.1, 0.15) is 17.3 Å². The molecule has 0 aliphatic carbocycles. The second-order valence-electron chi connectivity index (χ2n) is 4.24. The van der Waals surface area contributed by atoms with Gasteiger partial charge in [-0.1, -0.05) is 11.6 Å². The molecule has 2 aromatic rings. The molecule has 1 amide bonds. The standard InChI is InChI=1S/C14H12ClN3O3/c1-8(19)17-9-2-4-10(5-3-9)18-13-6-11(14(20)21)12(15)7-16-13/h2-7H,1H3,(H,16,18)(H,17,19)(H,20,21). The minimum Gasteiger partial charge on any atom is -0.478 e. The van der Waals surface area contributed by atoms with Gasteiger partial charge in [-0.3, -0.25) is 4.79 Å². The van der Waals surface area contributed by atoms with Gasteiger partial charge in [0.2, 0.25) is 5.91 Å². The summed E-state index contributed by atoms with van der Waals surface area (Å²) >= 11 is 5.75. The maximum atomic E-state index is 11.0. The van der Waals surface area contributed by atoms with Gasteiger partial charge in [0.15, 0.2) is 0 Å². The Bertz CT molecular complexity index is 686. The number of hydrogen-bond donors (Lipinski definition) is 3. The molecule has 6 nitrogen and oxygen atoms in total. The second-order valence-corrected chi connectivity index (χ2v) is 4.65. The summed E-state index contributed by atoms with van der Waals surface area (Å²) in [6.07, 6.45) is 1.28. The second kappa shape index (κ2) is 6.23. The van der Waals surface area contributed by atoms with E-state index in [0.717, 1.165) is 0 Å². The third kappa shape index (κ3) is 3.93. The maximum Gasteiger partial charge on any atom is 0.337 e. The van der Waals surface area contributed by atoms with Gasteiger partial charge in [0.1, 0.15) is 5.82 Å². The Morgan fingerprint density at radius 2 is 1.81 bits per heavy atom. The zero-order chi connectivity index (χ0) is 15.4. The predicted octanol–water partition coefficient (Wildman–Crippen LogP) is 3.14. The Morgan fingerprint density at radius 1 is 1.19 bits per heavy atom. The monoisotopic (exact) mass is 305 g/mol. The number of amides is 1. The summed E-state index contributed by atoms with van der Waals surface area (Å²) in [6, 6.07) is 8.27. The molecule has 0 atom stereocenters. The Morgan fingerprint density at radius 3 is 2.38 bits per heavy atom. The van der Waals surface area contributed by atoms with Crippen LogP contribution in [0.5, 0.6) is 0 Å². The first kappa shape index (κ1) is 14.8. The molecule has 0 unspecified atom stereocenters. The van der Waals surface area contributed by atoms with Gasteiger partial charge in [-0.2, -0.15) is 0 Å². The summed E-state index contributed by atoms with van der Waals surface area (Å²) in [4.78, 5) is 25.9. The van der Waals surface area contributed by atoms with E-state index < -0.39 is 5.97 Å². The van der Waals surface area contributed by atoms with Crippen LogP contribution in [0, 0.1) is 0 Å². The topological polar surface area (TPSA) is 91.3 Å². The molecule has 108 valence electrons. The van der Waals surface area contributed by atoms with Crippen molar-refractivity contribution < 1.29 is 14.7 Å². The molecular weight excluding hydrogens is 294 g/mol. The molecule has 3 N–H and O–H groups in total. The molecular formula is C14H12ClN3O3. The summed E-state index contributed by atoms with van der Waals surface area (Å²) in [5, 5.41) is 14.7. The zero-order valence-corrected chi connectivity index (χ0v) is 11.8. The van der Waals surface area contributed by atoms with Crippen LogP contribution in [-0.4, -0.2) is 22.0 Å². The summed E-state index contributed by atoms with van der Waals surface area (Å²) in [5.74, 6) is -0.906. The molecule has 21 heavy (non-hydrogen) atoms. The first-order valence-corrected chi connectivity index (χ1v) is 6.37. The van der Waals surface area contributed by atoms with Crippen LogP contribution in [0.15, 0.2) is 36.5 Å². The first-order valence-electron chi connectivity index (χ1n) is 5.99. The van der Waals surface area contributed by atoms with E-state index in [0.29, 0.717) is 17.2 Å². The molecule has 1 aromatic heterocycles. The average Bonchev–Trinajstić information content (AvgIpc) is 2.42. The molecule has 1 aromatic carbocycles. The molecule has 1 heterocycles. The molecule has 0 saturated carbocycles. The zero-order valence-electron chi connectivity index (χ0n) is 11.1. The van der Waals surface area contributed by atoms with E-state index in [1.807, 2.05) is 0 Å². The van der Waals surface area contributed by atoms with Crippen LogP contribution in [-0.2, 0) is 4.79 Å². The van der Waals surface area contributed by atoms with E-state index in [2.05, 4.69) is 15.6 Å². The van der Waals surface area contributed by atoms with E-state index in [1.165, 1.54) is 19.2 Å². The number of hydrogen-bond acceptors (Lipinski definition) is 4. The van der Waals surface area contributed by atoms with Gasteiger partial charge in [0.05, 0.1) is 10.6 Å². The lowest BCUT2D eigenvalue weighted by Crippen LogP contribution is -2.05. The number of carboxylic acid groups (broad SMARTS) is 1. The van der Waals surface area contributed by atoms with Crippen LogP contribution >= 0.6 is 11.6 Å². The van der Waals surface area contributed by atoms with Gasteiger partial charge in [0, 0.05) is 24.5 Å². The minimum atomic E-state index is -1.12. The average molecular weight is 306 g/mol. The number of halogens is 1. The smallest absolute Gasteiger partial charge is 0.337 e. The largest absolute Gasteiger partial charge is 0.478 e. The molecule has 0 spiro atoms. The molecule has 0 radical (unpaired) electrons. The highest BCUT2D eigenvalue weighted by atomic mass is 35.5. The van der Waals surface area contributed by atoms with Crippen LogP contribution in [0.3, 0.4) is 0 Å². The van der Waals surface area contributed by atoms with Gasteiger partial charge in [-0.05, 0) is 30.3 Å². The molecule has 7 heteroatoms. The Kier molecular flexibility index (Phi) is 4.39. The Balaban J connectivity index is 2.16. The van der Waals surface area contributed by atoms with Crippen molar-refractivity contribution >= 4 is 40.7 Å². The van der Waals surface area contributed by atoms with Crippen LogP contribution in [0.2, 0.25) is 5.02 Å². The number of anilines is 3. The molecule has 0 bridgehead atoms. The van der Waals surface area contributed by atoms with Crippen molar-refractivity contribution in [3.63, 3.8) is 0 Å². The number of carbonyl (C=O) groups is 2. The third-order valence-electron chi connectivity index (χ3n) is 2.56. The van der Waals surface area contributed by atoms with E-state index in [9.17, 15) is 9.59 Å². The number of benzene rings is 1. The van der Waals surface area contributed by atoms with Crippen molar-refractivity contribution in [2.75, 3.05) is 10.6 Å². The van der Waals surface area contributed by atoms with Gasteiger partial charge >= 0.3 is 5.97 Å². The lowest BCUT2D eigenvalue weighted by Gasteiger charge is -2.08. The van der Waals surface area contributed by atoms with Crippen LogP contribution < -0.4 is 10.6 Å². The SMILES string of the molecule is CC(=O)Nc1ccc(Nc2cc(C(=O)O)c(Cl)cn2)cc1. The number of aromatic carboxylic acids is 1. The number of pyridine rings is 1. The maximum absolute atomic E-state index is 11.0. The summed E-state index contributed by atoms with van der Waals surface area (Å²) in [7, 11) is 0. The molecule has 0 fully saturated rings. The number of nitrogens with zero attached hydrogens (tertiary/aromatic N) is 1. The fourth-order valence-electron chi connectivity index (χ4n) is 1.66. The van der Waals surface area contributed by atoms with Gasteiger partial charge < -0.3 is 15.7 Å². The normalized spacial score (nSPS) is 10.0. The highest BCUT2D eigenvalue weighted by molar-refractivity contribution is 6.33. The summed E-state index contributed by atoms with van der Waals surface area (Å²) in [5.41, 5.74) is 1.35. The Labute approximate surface area is 125 Å². The van der Waals surface area contributed by atoms with Crippen molar-refractivity contribution in [2.45, 2.75) is 6.92 Å². The van der Waals surface area contributed by atoms with E-state index in [-0.39, 0.29) is 16.5 Å². The molecule has 0 aliphatic heterocycles. The minimum absolute atomic E-state index is 0.0240. The van der Waals surface area contributed by atoms with Crippen molar-refractivity contribution in [1.29, 1.82) is 0 Å². The number of carbonyl (C=O) groups excluding carboxylic acids is 1. The lowest BCUT2D eigenvalue weighted by atomic mass is 10.2. The number of nitrogens with one attached hydrogen (secondary N) is 2. The number of aromatic nitrogens is 1.